The Morgan fingerprint density at radius 1 is 0.700 bits per heavy atom. The van der Waals surface area contributed by atoms with E-state index in [9.17, 15) is 84.9 Å². The monoisotopic (exact) mass is 1410 g/mol. The molecule has 23 atom stereocenters. The maximum absolute atomic E-state index is 14.2. The number of hydrogen-bond donors (Lipinski definition) is 14. The van der Waals surface area contributed by atoms with Crippen LogP contribution in [0.2, 0.25) is 0 Å². The number of aliphatic hydroxyl groups excluding tert-OH is 10. The van der Waals surface area contributed by atoms with Gasteiger partial charge in [0.1, 0.15) is 11.9 Å². The van der Waals surface area contributed by atoms with Crippen LogP contribution in [0.3, 0.4) is 0 Å². The van der Waals surface area contributed by atoms with Crippen LogP contribution in [0.25, 0.3) is 0 Å². The van der Waals surface area contributed by atoms with Gasteiger partial charge in [-0.25, -0.2) is 9.59 Å². The van der Waals surface area contributed by atoms with Gasteiger partial charge in [-0.3, -0.25) is 19.2 Å². The molecule has 2 heterocycles. The number of fused-ring (bicyclic) bond motifs is 2. The maximum atomic E-state index is 14.2. The summed E-state index contributed by atoms with van der Waals surface area (Å²) in [6.07, 6.45) is 11.5. The van der Waals surface area contributed by atoms with Gasteiger partial charge in [0, 0.05) is 40.6 Å². The lowest BCUT2D eigenvalue weighted by Crippen LogP contribution is -2.58. The number of aliphatic hydroxyl groups is 10. The van der Waals surface area contributed by atoms with Crippen LogP contribution in [-0.4, -0.2) is 189 Å². The van der Waals surface area contributed by atoms with Crippen LogP contribution in [0.5, 0.6) is 0 Å². The molecule has 568 valence electrons. The summed E-state index contributed by atoms with van der Waals surface area (Å²) in [6, 6.07) is -4.65. The Morgan fingerprint density at radius 2 is 1.28 bits per heavy atom. The largest absolute Gasteiger partial charge is 0.480 e. The van der Waals surface area contributed by atoms with Crippen LogP contribution in [0.1, 0.15) is 183 Å². The van der Waals surface area contributed by atoms with Crippen molar-refractivity contribution in [3.63, 3.8) is 0 Å². The molecule has 1 fully saturated rings. The quantitative estimate of drug-likeness (QED) is 0.0267. The summed E-state index contributed by atoms with van der Waals surface area (Å²) in [6.45, 7) is 32.5. The van der Waals surface area contributed by atoms with Crippen LogP contribution < -0.4 is 16.0 Å². The van der Waals surface area contributed by atoms with E-state index in [0.29, 0.717) is 41.9 Å². The first-order chi connectivity index (χ1) is 46.4. The van der Waals surface area contributed by atoms with Gasteiger partial charge in [0.05, 0.1) is 85.1 Å². The number of carboxylic acid groups (broad SMARTS) is 1. The van der Waals surface area contributed by atoms with Crippen molar-refractivity contribution in [2.24, 2.45) is 64.1 Å². The summed E-state index contributed by atoms with van der Waals surface area (Å²) in [5.74, 6) is -10.7. The van der Waals surface area contributed by atoms with Crippen LogP contribution in [0.4, 0.5) is 0 Å². The minimum absolute atomic E-state index is 0.0362. The third-order valence-electron chi connectivity index (χ3n) is 19.8. The first kappa shape index (κ1) is 90.3. The Hall–Kier alpha value is -5.76. The number of cyclic esters (lactones) is 1. The number of ether oxygens (including phenoxy) is 2. The lowest BCUT2D eigenvalue weighted by Gasteiger charge is -2.37. The molecule has 14 N–H and O–H groups in total. The van der Waals surface area contributed by atoms with Crippen molar-refractivity contribution >= 4 is 35.4 Å². The molecule has 2 aliphatic heterocycles. The number of hydrogen-bond acceptors (Lipinski definition) is 18. The first-order valence-electron chi connectivity index (χ1n) is 35.8. The average Bonchev–Trinajstić information content (AvgIpc) is 0.842. The first-order valence-corrected chi connectivity index (χ1v) is 35.8. The Labute approximate surface area is 595 Å². The van der Waals surface area contributed by atoms with Gasteiger partial charge in [-0.15, -0.1) is 0 Å². The predicted octanol–water partition coefficient (Wildman–Crippen LogP) is 7.53. The molecule has 21 unspecified atom stereocenters. The molecule has 2 rings (SSSR count). The normalized spacial score (nSPS) is 31.8. The van der Waals surface area contributed by atoms with Crippen molar-refractivity contribution in [1.82, 2.24) is 16.0 Å². The maximum Gasteiger partial charge on any atom is 0.338 e. The molecule has 22 nitrogen and oxygen atoms in total. The fourth-order valence-corrected chi connectivity index (χ4v) is 13.0. The molecule has 0 radical (unpaired) electrons. The third-order valence-corrected chi connectivity index (χ3v) is 19.8. The van der Waals surface area contributed by atoms with E-state index in [1.165, 1.54) is 51.2 Å². The highest BCUT2D eigenvalue weighted by atomic mass is 16.6. The smallest absolute Gasteiger partial charge is 0.338 e. The lowest BCUT2D eigenvalue weighted by molar-refractivity contribution is -0.174. The Morgan fingerprint density at radius 3 is 1.85 bits per heavy atom. The van der Waals surface area contributed by atoms with Gasteiger partial charge >= 0.3 is 11.9 Å². The van der Waals surface area contributed by atoms with Gasteiger partial charge in [0.2, 0.25) is 17.7 Å². The zero-order chi connectivity index (χ0) is 76.4. The zero-order valence-corrected chi connectivity index (χ0v) is 62.9. The highest BCUT2D eigenvalue weighted by molar-refractivity contribution is 5.94. The predicted molar refractivity (Wildman–Crippen MR) is 387 cm³/mol. The Bertz CT molecular complexity index is 2890. The van der Waals surface area contributed by atoms with Crippen LogP contribution in [0.15, 0.2) is 108 Å². The molecule has 0 saturated carbocycles. The minimum atomic E-state index is -2.58. The second kappa shape index (κ2) is 42.7. The molecule has 0 aliphatic carbocycles. The number of rotatable bonds is 23. The van der Waals surface area contributed by atoms with E-state index in [1.807, 2.05) is 45.9 Å². The van der Waals surface area contributed by atoms with Gasteiger partial charge in [0.25, 0.3) is 0 Å². The summed E-state index contributed by atoms with van der Waals surface area (Å²) in [5, 5.41) is 133. The molecule has 0 aromatic heterocycles. The number of allylic oxidation sites excluding steroid dienone is 9. The van der Waals surface area contributed by atoms with E-state index >= 15 is 0 Å². The van der Waals surface area contributed by atoms with Crippen molar-refractivity contribution in [3.05, 3.63) is 108 Å². The summed E-state index contributed by atoms with van der Waals surface area (Å²) in [5.41, 5.74) is -0.720. The number of ketones is 1. The second-order valence-electron chi connectivity index (χ2n) is 30.7. The molecule has 100 heavy (non-hydrogen) atoms. The molecule has 1 saturated heterocycles. The van der Waals surface area contributed by atoms with Crippen molar-refractivity contribution in [2.45, 2.75) is 280 Å². The van der Waals surface area contributed by atoms with Gasteiger partial charge in [-0.05, 0) is 139 Å². The molecular formula is C78H127N3O19. The topological polar surface area (TPSA) is 380 Å². The summed E-state index contributed by atoms with van der Waals surface area (Å²) < 4.78 is 12.2. The standard InChI is InChI=1S/C78H127N3O19/c1-43(2)37-58(79-63(87)35-36-77(16,17)72(93)54(14)66(88)44(3)4)73(94)78(18,19)42-50(10)68(90)47(7)32-34-60(84)53(13)74(95)81-64(55(15)82)71-52(12)59(83)33-31-46(6)67(89)48(8)40-49(9)69(91)51(11)61(85)41-57-39-45(5)38-56(99-57)29-27-25-23-21-20-22-24-26-28-30-62(86)80-65(75(96)97)70(92)76(98)100-71/h20-28,30-31,35-36,40,42-45,47-48,51-61,64-71,73,82-85,88-92,94H,29,32-34,37-39,41H2,1-19H3,(H,79,87)(H,80,86)(H,81,95)(H,96,97)/b22-20+,23-21+,26-24+,27-25+,30-28+,36-35+,46-31+,49-40+,50-42+/t45?,47?,48?,51?,52?,53?,54?,55?,56?,57?,58?,59?,60?,61?,64?,65-,66?,67?,68?,69?,70-,71?,73?/m1/s1. The zero-order valence-electron chi connectivity index (χ0n) is 62.9. The van der Waals surface area contributed by atoms with Gasteiger partial charge in [-0.2, -0.15) is 0 Å². The molecule has 2 bridgehead atoms. The van der Waals surface area contributed by atoms with E-state index in [2.05, 4.69) is 22.9 Å². The Kier molecular flexibility index (Phi) is 38.6. The van der Waals surface area contributed by atoms with E-state index < -0.39 is 161 Å². The molecule has 0 aromatic rings. The van der Waals surface area contributed by atoms with Crippen molar-refractivity contribution in [1.29, 1.82) is 0 Å². The van der Waals surface area contributed by atoms with E-state index in [1.54, 1.807) is 113 Å². The lowest BCUT2D eigenvalue weighted by atomic mass is 9.77. The van der Waals surface area contributed by atoms with Gasteiger partial charge in [0.15, 0.2) is 12.1 Å². The van der Waals surface area contributed by atoms with Crippen LogP contribution in [0, 0.1) is 64.1 Å². The highest BCUT2D eigenvalue weighted by Gasteiger charge is 2.44. The fourth-order valence-electron chi connectivity index (χ4n) is 13.0. The molecular weight excluding hydrogens is 1280 g/mol. The molecule has 0 spiro atoms. The van der Waals surface area contributed by atoms with Crippen LogP contribution >= 0.6 is 0 Å². The number of amides is 3. The number of Topliss-reactive ketones (excluding diaryl/α,β-unsaturated/α-hetero) is 1. The summed E-state index contributed by atoms with van der Waals surface area (Å²) in [7, 11) is 0. The van der Waals surface area contributed by atoms with E-state index in [-0.39, 0.29) is 49.1 Å². The number of aliphatic carboxylic acids is 1. The SMILES string of the molecule is C/C1=C\CC(O)C(C)C(C(NC(=O)C(C)C(O)CCC(C)C(O)/C(C)=C/C(C)(C)C(O)C(CC(C)C)NC(=O)/C=C/C(C)(C)C(=O)C(C)C(O)C(C)C)C(C)O)OC(=O)[C@H](O)[C@H](C(=O)O)NC(=O)/C=C/C=C/C=C/C=C/C=C/CC2CC(C)CC(CC(O)C(C)C(O)/C(C)=C/C(C)C1O)O2. The molecule has 0 aromatic carbocycles. The third kappa shape index (κ3) is 29.5. The van der Waals surface area contributed by atoms with Crippen molar-refractivity contribution in [3.8, 4) is 0 Å². The molecule has 2 aliphatic rings. The molecule has 3 amide bonds. The molecule has 22 heteroatoms. The fraction of sp³-hybridized carbons (Fsp3) is 0.692. The average molecular weight is 1410 g/mol. The summed E-state index contributed by atoms with van der Waals surface area (Å²) >= 11 is 0. The van der Waals surface area contributed by atoms with Gasteiger partial charge < -0.3 is 81.6 Å². The highest BCUT2D eigenvalue weighted by Crippen LogP contribution is 2.35. The van der Waals surface area contributed by atoms with Crippen LogP contribution in [-0.2, 0) is 38.2 Å². The number of esters is 1. The number of nitrogens with one attached hydrogen (secondary N) is 3. The Balaban J connectivity index is 2.49. The number of carbonyl (C=O) groups excluding carboxylic acids is 5. The minimum Gasteiger partial charge on any atom is -0.480 e. The summed E-state index contributed by atoms with van der Waals surface area (Å²) in [4.78, 5) is 80.6. The van der Waals surface area contributed by atoms with Gasteiger partial charge in [-0.1, -0.05) is 169 Å². The number of carboxylic acids is 1. The second-order valence-corrected chi connectivity index (χ2v) is 30.7. The van der Waals surface area contributed by atoms with Crippen molar-refractivity contribution < 1.29 is 94.4 Å². The van der Waals surface area contributed by atoms with Crippen molar-refractivity contribution in [2.75, 3.05) is 0 Å². The van der Waals surface area contributed by atoms with E-state index in [0.717, 1.165) is 18.9 Å². The van der Waals surface area contributed by atoms with E-state index in [4.69, 9.17) is 9.47 Å². The number of carbonyl (C=O) groups is 6.